The van der Waals surface area contributed by atoms with Crippen molar-refractivity contribution in [2.75, 3.05) is 7.11 Å². The molecule has 2 aliphatic rings. The van der Waals surface area contributed by atoms with Crippen LogP contribution in [0.2, 0.25) is 0 Å². The number of alkyl halides is 3. The Kier molecular flexibility index (Phi) is 4.60. The molecule has 0 bridgehead atoms. The number of carbonyl (C=O) groups excluding carboxylic acids is 1. The van der Waals surface area contributed by atoms with E-state index < -0.39 is 18.1 Å². The number of methoxy groups -OCH3 is 1. The number of nitrogens with zero attached hydrogens (tertiary/aromatic N) is 3. The van der Waals surface area contributed by atoms with Crippen molar-refractivity contribution < 1.29 is 22.7 Å². The van der Waals surface area contributed by atoms with Crippen molar-refractivity contribution in [2.45, 2.75) is 57.2 Å². The first-order valence-electron chi connectivity index (χ1n) is 9.38. The zero-order valence-corrected chi connectivity index (χ0v) is 15.1. The Labute approximate surface area is 154 Å². The second-order valence-corrected chi connectivity index (χ2v) is 7.65. The number of carbonyl (C=O) groups is 1. The van der Waals surface area contributed by atoms with Crippen LogP contribution in [0.1, 0.15) is 60.7 Å². The van der Waals surface area contributed by atoms with E-state index >= 15 is 0 Å². The standard InChI is InChI=1S/C19H22F3N3O2/c1-27-18(26)12-9-15-17(23-10-12)25(14-6-7-14)16(24-15)8-11-2-4-13(5-3-11)19(20,21)22/h9-11,13-14H,2-8H2,1H3/t11-,13-. The lowest BCUT2D eigenvalue weighted by atomic mass is 9.80. The predicted molar refractivity (Wildman–Crippen MR) is 92.3 cm³/mol. The fourth-order valence-electron chi connectivity index (χ4n) is 4.07. The lowest BCUT2D eigenvalue weighted by molar-refractivity contribution is -0.183. The molecular formula is C19H22F3N3O2. The van der Waals surface area contributed by atoms with Gasteiger partial charge in [0.05, 0.1) is 18.6 Å². The molecule has 4 rings (SSSR count). The van der Waals surface area contributed by atoms with Crippen LogP contribution >= 0.6 is 0 Å². The Balaban J connectivity index is 1.56. The van der Waals surface area contributed by atoms with Gasteiger partial charge in [-0.3, -0.25) is 0 Å². The lowest BCUT2D eigenvalue weighted by Crippen LogP contribution is -2.28. The first-order chi connectivity index (χ1) is 12.9. The van der Waals surface area contributed by atoms with E-state index in [1.807, 2.05) is 0 Å². The van der Waals surface area contributed by atoms with Crippen molar-refractivity contribution in [2.24, 2.45) is 11.8 Å². The fraction of sp³-hybridized carbons (Fsp3) is 0.632. The molecule has 0 unspecified atom stereocenters. The molecule has 146 valence electrons. The van der Waals surface area contributed by atoms with E-state index in [9.17, 15) is 18.0 Å². The topological polar surface area (TPSA) is 57.0 Å². The van der Waals surface area contributed by atoms with Crippen molar-refractivity contribution in [1.82, 2.24) is 14.5 Å². The summed E-state index contributed by atoms with van der Waals surface area (Å²) in [6.07, 6.45) is 1.71. The molecule has 2 aromatic heterocycles. The molecule has 8 heteroatoms. The number of aromatic nitrogens is 3. The summed E-state index contributed by atoms with van der Waals surface area (Å²) < 4.78 is 45.5. The number of esters is 1. The molecule has 2 fully saturated rings. The third-order valence-corrected chi connectivity index (χ3v) is 5.72. The highest BCUT2D eigenvalue weighted by Crippen LogP contribution is 2.42. The van der Waals surface area contributed by atoms with E-state index in [0.717, 1.165) is 24.3 Å². The number of hydrogen-bond donors (Lipinski definition) is 0. The fourth-order valence-corrected chi connectivity index (χ4v) is 4.07. The Morgan fingerprint density at radius 3 is 2.52 bits per heavy atom. The molecule has 5 nitrogen and oxygen atoms in total. The van der Waals surface area contributed by atoms with E-state index in [-0.39, 0.29) is 18.8 Å². The zero-order valence-electron chi connectivity index (χ0n) is 15.1. The van der Waals surface area contributed by atoms with Gasteiger partial charge in [-0.2, -0.15) is 13.2 Å². The number of imidazole rings is 1. The molecule has 2 aromatic rings. The smallest absolute Gasteiger partial charge is 0.391 e. The highest BCUT2D eigenvalue weighted by Gasteiger charge is 2.41. The second kappa shape index (κ2) is 6.80. The third kappa shape index (κ3) is 3.66. The summed E-state index contributed by atoms with van der Waals surface area (Å²) in [6, 6.07) is 2.03. The van der Waals surface area contributed by atoms with Crippen LogP contribution in [0, 0.1) is 11.8 Å². The Morgan fingerprint density at radius 2 is 1.93 bits per heavy atom. The van der Waals surface area contributed by atoms with Crippen LogP contribution in [-0.2, 0) is 11.2 Å². The highest BCUT2D eigenvalue weighted by atomic mass is 19.4. The molecule has 0 saturated heterocycles. The molecule has 0 atom stereocenters. The third-order valence-electron chi connectivity index (χ3n) is 5.72. The SMILES string of the molecule is COC(=O)c1cnc2c(c1)nc(C[C@H]1CC[C@H](C(F)(F)F)CC1)n2C1CC1. The minimum Gasteiger partial charge on any atom is -0.465 e. The average Bonchev–Trinajstić information content (AvgIpc) is 3.41. The van der Waals surface area contributed by atoms with Crippen LogP contribution in [0.4, 0.5) is 13.2 Å². The van der Waals surface area contributed by atoms with Gasteiger partial charge in [-0.15, -0.1) is 0 Å². The molecule has 27 heavy (non-hydrogen) atoms. The van der Waals surface area contributed by atoms with Crippen LogP contribution in [0.15, 0.2) is 12.3 Å². The van der Waals surface area contributed by atoms with Crippen molar-refractivity contribution >= 4 is 17.1 Å². The zero-order chi connectivity index (χ0) is 19.2. The quantitative estimate of drug-likeness (QED) is 0.734. The maximum Gasteiger partial charge on any atom is 0.391 e. The summed E-state index contributed by atoms with van der Waals surface area (Å²) in [5.41, 5.74) is 1.73. The van der Waals surface area contributed by atoms with Crippen LogP contribution in [-0.4, -0.2) is 33.8 Å². The van der Waals surface area contributed by atoms with Gasteiger partial charge in [-0.05, 0) is 50.5 Å². The van der Waals surface area contributed by atoms with E-state index in [2.05, 4.69) is 14.5 Å². The van der Waals surface area contributed by atoms with Crippen LogP contribution in [0.25, 0.3) is 11.2 Å². The van der Waals surface area contributed by atoms with Gasteiger partial charge >= 0.3 is 12.1 Å². The van der Waals surface area contributed by atoms with Gasteiger partial charge in [0.2, 0.25) is 0 Å². The number of fused-ring (bicyclic) bond motifs is 1. The highest BCUT2D eigenvalue weighted by molar-refractivity contribution is 5.92. The molecular weight excluding hydrogens is 359 g/mol. The van der Waals surface area contributed by atoms with Gasteiger partial charge < -0.3 is 9.30 Å². The van der Waals surface area contributed by atoms with E-state index in [1.54, 1.807) is 6.07 Å². The molecule has 2 aliphatic carbocycles. The maximum atomic E-state index is 12.9. The van der Waals surface area contributed by atoms with Crippen molar-refractivity contribution in [3.8, 4) is 0 Å². The van der Waals surface area contributed by atoms with E-state index in [1.165, 1.54) is 13.3 Å². The minimum atomic E-state index is -4.08. The van der Waals surface area contributed by atoms with Crippen molar-refractivity contribution in [3.63, 3.8) is 0 Å². The summed E-state index contributed by atoms with van der Waals surface area (Å²) in [5, 5.41) is 0. The number of rotatable bonds is 4. The number of ether oxygens (including phenoxy) is 1. The Morgan fingerprint density at radius 1 is 1.22 bits per heavy atom. The minimum absolute atomic E-state index is 0.197. The molecule has 0 amide bonds. The Hall–Kier alpha value is -2.12. The largest absolute Gasteiger partial charge is 0.465 e. The van der Waals surface area contributed by atoms with Gasteiger partial charge in [0.1, 0.15) is 11.3 Å². The van der Waals surface area contributed by atoms with E-state index in [0.29, 0.717) is 36.4 Å². The van der Waals surface area contributed by atoms with Crippen LogP contribution in [0.5, 0.6) is 0 Å². The van der Waals surface area contributed by atoms with Gasteiger partial charge in [0, 0.05) is 18.7 Å². The molecule has 0 aliphatic heterocycles. The van der Waals surface area contributed by atoms with Crippen LogP contribution in [0.3, 0.4) is 0 Å². The summed E-state index contributed by atoms with van der Waals surface area (Å²) in [4.78, 5) is 20.8. The van der Waals surface area contributed by atoms with Gasteiger partial charge in [0.15, 0.2) is 5.65 Å². The molecule has 0 radical (unpaired) electrons. The molecule has 2 heterocycles. The number of pyridine rings is 1. The number of hydrogen-bond acceptors (Lipinski definition) is 4. The second-order valence-electron chi connectivity index (χ2n) is 7.65. The average molecular weight is 381 g/mol. The molecule has 0 aromatic carbocycles. The van der Waals surface area contributed by atoms with Gasteiger partial charge in [-0.25, -0.2) is 14.8 Å². The van der Waals surface area contributed by atoms with Gasteiger partial charge in [-0.1, -0.05) is 0 Å². The Bertz CT molecular complexity index is 850. The summed E-state index contributed by atoms with van der Waals surface area (Å²) in [5.74, 6) is -0.548. The maximum absolute atomic E-state index is 12.9. The molecule has 2 saturated carbocycles. The lowest BCUT2D eigenvalue weighted by Gasteiger charge is -2.29. The monoisotopic (exact) mass is 381 g/mol. The summed E-state index contributed by atoms with van der Waals surface area (Å²) in [7, 11) is 1.32. The molecule has 0 spiro atoms. The molecule has 0 N–H and O–H groups in total. The predicted octanol–water partition coefficient (Wildman–Crippen LogP) is 4.46. The summed E-state index contributed by atoms with van der Waals surface area (Å²) >= 11 is 0. The van der Waals surface area contributed by atoms with E-state index in [4.69, 9.17) is 4.74 Å². The summed E-state index contributed by atoms with van der Waals surface area (Å²) in [6.45, 7) is 0. The normalized spacial score (nSPS) is 23.6. The van der Waals surface area contributed by atoms with Crippen molar-refractivity contribution in [3.05, 3.63) is 23.7 Å². The van der Waals surface area contributed by atoms with Crippen LogP contribution < -0.4 is 0 Å². The van der Waals surface area contributed by atoms with Crippen molar-refractivity contribution in [1.29, 1.82) is 0 Å². The first kappa shape index (κ1) is 18.3. The first-order valence-corrected chi connectivity index (χ1v) is 9.38. The van der Waals surface area contributed by atoms with Gasteiger partial charge in [0.25, 0.3) is 0 Å². The number of halogens is 3.